The summed E-state index contributed by atoms with van der Waals surface area (Å²) in [4.78, 5) is 8.75. The summed E-state index contributed by atoms with van der Waals surface area (Å²) in [7, 11) is 0. The van der Waals surface area contributed by atoms with Gasteiger partial charge in [0.15, 0.2) is 11.6 Å². The molecule has 0 aliphatic carbocycles. The molecule has 108 valence electrons. The molecule has 0 aliphatic rings. The molecule has 0 amide bonds. The highest BCUT2D eigenvalue weighted by Crippen LogP contribution is 2.30. The van der Waals surface area contributed by atoms with E-state index in [1.807, 2.05) is 10.6 Å². The average molecular weight is 322 g/mol. The molecule has 0 atom stereocenters. The number of aryl methyl sites for hydroxylation is 2. The summed E-state index contributed by atoms with van der Waals surface area (Å²) < 4.78 is 1.82. The van der Waals surface area contributed by atoms with E-state index >= 15 is 0 Å². The number of fused-ring (bicyclic) bond motifs is 1. The Labute approximate surface area is 131 Å². The molecule has 3 aromatic rings. The van der Waals surface area contributed by atoms with E-state index in [-0.39, 0.29) is 0 Å². The molecule has 21 heavy (non-hydrogen) atoms. The maximum Gasteiger partial charge on any atom is 0.161 e. The number of aromatic nitrogens is 3. The van der Waals surface area contributed by atoms with Crippen molar-refractivity contribution in [2.24, 2.45) is 5.84 Å². The van der Waals surface area contributed by atoms with Crippen molar-refractivity contribution in [2.45, 2.75) is 13.8 Å². The number of pyridine rings is 1. The molecule has 0 aliphatic heterocycles. The highest BCUT2D eigenvalue weighted by molar-refractivity contribution is 6.36. The number of halogens is 2. The second kappa shape index (κ2) is 5.18. The SMILES string of the molecule is Cc1cc2ncn(-c3nc(NN)c(Cl)cc3Cl)c2cc1C. The Morgan fingerprint density at radius 3 is 2.52 bits per heavy atom. The molecule has 2 aromatic heterocycles. The van der Waals surface area contributed by atoms with Gasteiger partial charge in [-0.15, -0.1) is 0 Å². The molecule has 7 heteroatoms. The molecule has 0 bridgehead atoms. The molecule has 2 heterocycles. The maximum atomic E-state index is 6.26. The second-order valence-corrected chi connectivity index (χ2v) is 5.62. The van der Waals surface area contributed by atoms with Crippen LogP contribution in [0.2, 0.25) is 10.0 Å². The van der Waals surface area contributed by atoms with Gasteiger partial charge in [0.05, 0.1) is 21.1 Å². The van der Waals surface area contributed by atoms with E-state index in [9.17, 15) is 0 Å². The van der Waals surface area contributed by atoms with Crippen molar-refractivity contribution in [3.63, 3.8) is 0 Å². The van der Waals surface area contributed by atoms with Crippen molar-refractivity contribution in [3.8, 4) is 5.82 Å². The van der Waals surface area contributed by atoms with E-state index < -0.39 is 0 Å². The number of nitrogen functional groups attached to an aromatic ring is 1. The Morgan fingerprint density at radius 2 is 1.81 bits per heavy atom. The van der Waals surface area contributed by atoms with E-state index in [1.165, 1.54) is 11.1 Å². The van der Waals surface area contributed by atoms with Crippen molar-refractivity contribution in [1.82, 2.24) is 14.5 Å². The van der Waals surface area contributed by atoms with Crippen molar-refractivity contribution >= 4 is 40.1 Å². The molecule has 1 aromatic carbocycles. The van der Waals surface area contributed by atoms with Gasteiger partial charge in [0.2, 0.25) is 0 Å². The minimum absolute atomic E-state index is 0.363. The third-order valence-electron chi connectivity index (χ3n) is 3.44. The second-order valence-electron chi connectivity index (χ2n) is 4.81. The van der Waals surface area contributed by atoms with E-state index in [0.717, 1.165) is 11.0 Å². The Kier molecular flexibility index (Phi) is 3.49. The van der Waals surface area contributed by atoms with Crippen LogP contribution in [0.3, 0.4) is 0 Å². The Hall–Kier alpha value is -1.82. The fraction of sp³-hybridized carbons (Fsp3) is 0.143. The van der Waals surface area contributed by atoms with Gasteiger partial charge in [-0.2, -0.15) is 0 Å². The standard InChI is InChI=1S/C14H13Cl2N5/c1-7-3-11-12(4-8(7)2)21(6-18-11)14-10(16)5-9(15)13(19-14)20-17/h3-6H,17H2,1-2H3,(H,19,20). The van der Waals surface area contributed by atoms with Gasteiger partial charge in [-0.05, 0) is 43.2 Å². The third-order valence-corrected chi connectivity index (χ3v) is 4.00. The van der Waals surface area contributed by atoms with Gasteiger partial charge in [0, 0.05) is 0 Å². The first-order valence-corrected chi connectivity index (χ1v) is 7.04. The van der Waals surface area contributed by atoms with Crippen molar-refractivity contribution < 1.29 is 0 Å². The maximum absolute atomic E-state index is 6.26. The van der Waals surface area contributed by atoms with Crippen LogP contribution in [0.1, 0.15) is 11.1 Å². The lowest BCUT2D eigenvalue weighted by molar-refractivity contribution is 1.02. The molecule has 3 rings (SSSR count). The average Bonchev–Trinajstić information content (AvgIpc) is 2.82. The summed E-state index contributed by atoms with van der Waals surface area (Å²) in [6, 6.07) is 5.69. The number of benzene rings is 1. The number of nitrogens with one attached hydrogen (secondary N) is 1. The summed E-state index contributed by atoms with van der Waals surface area (Å²) >= 11 is 12.3. The molecule has 0 saturated carbocycles. The lowest BCUT2D eigenvalue weighted by atomic mass is 10.1. The number of nitrogens with zero attached hydrogens (tertiary/aromatic N) is 3. The lowest BCUT2D eigenvalue weighted by Gasteiger charge is -2.10. The molecular formula is C14H13Cl2N5. The van der Waals surface area contributed by atoms with Gasteiger partial charge in [-0.3, -0.25) is 4.57 Å². The fourth-order valence-corrected chi connectivity index (χ4v) is 2.66. The van der Waals surface area contributed by atoms with Gasteiger partial charge in [-0.25, -0.2) is 15.8 Å². The number of hydrogen-bond acceptors (Lipinski definition) is 4. The molecule has 0 spiro atoms. The first kappa shape index (κ1) is 14.1. The van der Waals surface area contributed by atoms with Crippen molar-refractivity contribution in [2.75, 3.05) is 5.43 Å². The molecule has 0 unspecified atom stereocenters. The first-order chi connectivity index (χ1) is 10.0. The molecule has 5 nitrogen and oxygen atoms in total. The normalized spacial score (nSPS) is 11.1. The zero-order valence-electron chi connectivity index (χ0n) is 11.5. The largest absolute Gasteiger partial charge is 0.307 e. The van der Waals surface area contributed by atoms with Crippen LogP contribution in [0, 0.1) is 13.8 Å². The highest BCUT2D eigenvalue weighted by Gasteiger charge is 2.13. The van der Waals surface area contributed by atoms with Crippen LogP contribution in [-0.4, -0.2) is 14.5 Å². The van der Waals surface area contributed by atoms with Crippen LogP contribution >= 0.6 is 23.2 Å². The topological polar surface area (TPSA) is 68.8 Å². The van der Waals surface area contributed by atoms with Crippen LogP contribution in [0.5, 0.6) is 0 Å². The molecule has 0 saturated heterocycles. The first-order valence-electron chi connectivity index (χ1n) is 6.28. The monoisotopic (exact) mass is 321 g/mol. The van der Waals surface area contributed by atoms with E-state index in [1.54, 1.807) is 12.4 Å². The Bertz CT molecular complexity index is 841. The summed E-state index contributed by atoms with van der Waals surface area (Å²) in [6.07, 6.45) is 1.69. The minimum Gasteiger partial charge on any atom is -0.307 e. The number of hydrogen-bond donors (Lipinski definition) is 2. The van der Waals surface area contributed by atoms with Gasteiger partial charge in [0.25, 0.3) is 0 Å². The smallest absolute Gasteiger partial charge is 0.161 e. The highest BCUT2D eigenvalue weighted by atomic mass is 35.5. The molecule has 0 radical (unpaired) electrons. The number of anilines is 1. The van der Waals surface area contributed by atoms with Gasteiger partial charge >= 0.3 is 0 Å². The lowest BCUT2D eigenvalue weighted by Crippen LogP contribution is -2.11. The van der Waals surface area contributed by atoms with Crippen LogP contribution in [0.4, 0.5) is 5.82 Å². The third kappa shape index (κ3) is 2.33. The Balaban J connectivity index is 2.28. The summed E-state index contributed by atoms with van der Waals surface area (Å²) in [5.41, 5.74) is 6.63. The van der Waals surface area contributed by atoms with E-state index in [4.69, 9.17) is 29.0 Å². The van der Waals surface area contributed by atoms with E-state index in [0.29, 0.717) is 21.7 Å². The predicted molar refractivity (Wildman–Crippen MR) is 86.2 cm³/mol. The summed E-state index contributed by atoms with van der Waals surface area (Å²) in [5.74, 6) is 6.31. The van der Waals surface area contributed by atoms with Gasteiger partial charge in [0.1, 0.15) is 6.33 Å². The predicted octanol–water partition coefficient (Wildman–Crippen LogP) is 3.63. The quantitative estimate of drug-likeness (QED) is 0.558. The summed E-state index contributed by atoms with van der Waals surface area (Å²) in [5, 5.41) is 0.791. The zero-order chi connectivity index (χ0) is 15.1. The fourth-order valence-electron chi connectivity index (χ4n) is 2.16. The van der Waals surface area contributed by atoms with Crippen LogP contribution < -0.4 is 11.3 Å². The molecular weight excluding hydrogens is 309 g/mol. The number of imidazole rings is 1. The minimum atomic E-state index is 0.363. The Morgan fingerprint density at radius 1 is 1.10 bits per heavy atom. The van der Waals surface area contributed by atoms with Crippen molar-refractivity contribution in [3.05, 3.63) is 45.7 Å². The molecule has 0 fully saturated rings. The van der Waals surface area contributed by atoms with Crippen LogP contribution in [0.25, 0.3) is 16.9 Å². The number of nitrogens with two attached hydrogens (primary N) is 1. The van der Waals surface area contributed by atoms with E-state index in [2.05, 4.69) is 35.3 Å². The van der Waals surface area contributed by atoms with Crippen molar-refractivity contribution in [1.29, 1.82) is 0 Å². The van der Waals surface area contributed by atoms with Gasteiger partial charge < -0.3 is 5.43 Å². The zero-order valence-corrected chi connectivity index (χ0v) is 13.0. The van der Waals surface area contributed by atoms with Gasteiger partial charge in [-0.1, -0.05) is 23.2 Å². The molecule has 3 N–H and O–H groups in total. The van der Waals surface area contributed by atoms with Crippen LogP contribution in [-0.2, 0) is 0 Å². The summed E-state index contributed by atoms with van der Waals surface area (Å²) in [6.45, 7) is 4.10. The number of hydrazine groups is 1. The van der Waals surface area contributed by atoms with Crippen LogP contribution in [0.15, 0.2) is 24.5 Å². The number of rotatable bonds is 2.